The van der Waals surface area contributed by atoms with Crippen LogP contribution in [0.4, 0.5) is 0 Å². The van der Waals surface area contributed by atoms with Crippen molar-refractivity contribution in [2.45, 2.75) is 53.8 Å². The van der Waals surface area contributed by atoms with E-state index in [4.69, 9.17) is 9.47 Å². The van der Waals surface area contributed by atoms with Gasteiger partial charge in [0.2, 0.25) is 0 Å². The second kappa shape index (κ2) is 6.95. The van der Waals surface area contributed by atoms with Crippen LogP contribution in [-0.4, -0.2) is 49.7 Å². The molecule has 3 aliphatic rings. The van der Waals surface area contributed by atoms with E-state index in [9.17, 15) is 8.42 Å². The highest BCUT2D eigenvalue weighted by Crippen LogP contribution is 2.49. The van der Waals surface area contributed by atoms with Crippen molar-refractivity contribution in [2.75, 3.05) is 13.2 Å². The molecule has 148 valence electrons. The normalized spacial score (nSPS) is 29.4. The lowest BCUT2D eigenvalue weighted by Crippen LogP contribution is -2.56. The Morgan fingerprint density at radius 2 is 1.61 bits per heavy atom. The molecule has 5 rings (SSSR count). The fourth-order valence-electron chi connectivity index (χ4n) is 5.20. The first-order valence-electron chi connectivity index (χ1n) is 9.97. The topological polar surface area (TPSA) is 55.8 Å². The molecule has 0 aromatic heterocycles. The fraction of sp³-hybridized carbons (Fsp3) is 0.455. The van der Waals surface area contributed by atoms with Crippen LogP contribution < -0.4 is 0 Å². The molecular weight excluding hydrogens is 374 g/mol. The average molecular weight is 400 g/mol. The molecule has 2 bridgehead atoms. The zero-order valence-electron chi connectivity index (χ0n) is 15.7. The molecule has 0 unspecified atom stereocenters. The number of hydrogen-bond acceptors (Lipinski definition) is 5. The molecule has 5 nitrogen and oxygen atoms in total. The Bertz CT molecular complexity index is 926. The van der Waals surface area contributed by atoms with E-state index < -0.39 is 20.9 Å². The molecule has 3 aliphatic heterocycles. The number of fused-ring (bicyclic) bond motifs is 3. The zero-order valence-corrected chi connectivity index (χ0v) is 16.6. The van der Waals surface area contributed by atoms with Gasteiger partial charge < -0.3 is 9.47 Å². The standard InChI is InChI=1S/C22H25NO4S/c24-28(25,18-9-5-2-6-10-18)20-15-21-22(26-13-14-27-22)12-11-19(20)23(21)16-17-7-3-1-4-8-17/h1-10,19-21H,11-16H2/t19-,20+,21-/m1/s1. The van der Waals surface area contributed by atoms with Gasteiger partial charge in [-0.3, -0.25) is 4.90 Å². The second-order valence-electron chi connectivity index (χ2n) is 7.92. The van der Waals surface area contributed by atoms with Gasteiger partial charge in [0.1, 0.15) is 0 Å². The van der Waals surface area contributed by atoms with Crippen molar-refractivity contribution in [1.82, 2.24) is 4.90 Å². The van der Waals surface area contributed by atoms with E-state index >= 15 is 0 Å². The first-order valence-corrected chi connectivity index (χ1v) is 11.5. The van der Waals surface area contributed by atoms with Crippen LogP contribution in [-0.2, 0) is 25.9 Å². The SMILES string of the molecule is O=S(=O)(c1ccccc1)[C@H]1C[C@H]2N(Cc3ccccc3)[C@@H]1CCC21OCCO1. The molecule has 0 N–H and O–H groups in total. The number of hydrogen-bond donors (Lipinski definition) is 0. The molecule has 3 fully saturated rings. The fourth-order valence-corrected chi connectivity index (χ4v) is 7.23. The second-order valence-corrected chi connectivity index (χ2v) is 10.1. The summed E-state index contributed by atoms with van der Waals surface area (Å²) < 4.78 is 39.1. The maximum atomic E-state index is 13.5. The Balaban J connectivity index is 1.52. The van der Waals surface area contributed by atoms with E-state index in [1.165, 1.54) is 5.56 Å². The lowest BCUT2D eigenvalue weighted by atomic mass is 9.95. The van der Waals surface area contributed by atoms with E-state index in [2.05, 4.69) is 17.0 Å². The van der Waals surface area contributed by atoms with E-state index in [0.29, 0.717) is 31.1 Å². The minimum Gasteiger partial charge on any atom is -0.346 e. The Morgan fingerprint density at radius 3 is 2.29 bits per heavy atom. The Kier molecular flexibility index (Phi) is 4.55. The highest BCUT2D eigenvalue weighted by atomic mass is 32.2. The van der Waals surface area contributed by atoms with Crippen molar-refractivity contribution < 1.29 is 17.9 Å². The highest BCUT2D eigenvalue weighted by Gasteiger charge is 2.61. The van der Waals surface area contributed by atoms with Crippen LogP contribution in [0.25, 0.3) is 0 Å². The van der Waals surface area contributed by atoms with Gasteiger partial charge >= 0.3 is 0 Å². The van der Waals surface area contributed by atoms with Gasteiger partial charge in [-0.15, -0.1) is 0 Å². The molecular formula is C22H25NO4S. The third kappa shape index (κ3) is 2.90. The van der Waals surface area contributed by atoms with Gasteiger partial charge in [0, 0.05) is 19.0 Å². The van der Waals surface area contributed by atoms with E-state index in [1.807, 2.05) is 24.3 Å². The van der Waals surface area contributed by atoms with Crippen LogP contribution >= 0.6 is 0 Å². The molecule has 28 heavy (non-hydrogen) atoms. The predicted octanol–water partition coefficient (Wildman–Crippen LogP) is 3.01. The zero-order chi connectivity index (χ0) is 19.2. The van der Waals surface area contributed by atoms with Crippen molar-refractivity contribution in [3.63, 3.8) is 0 Å². The number of benzene rings is 2. The maximum absolute atomic E-state index is 13.5. The van der Waals surface area contributed by atoms with Gasteiger partial charge in [-0.25, -0.2) is 8.42 Å². The monoisotopic (exact) mass is 399 g/mol. The average Bonchev–Trinajstić information content (AvgIpc) is 3.29. The first-order chi connectivity index (χ1) is 13.6. The summed E-state index contributed by atoms with van der Waals surface area (Å²) in [6.07, 6.45) is 2.07. The van der Waals surface area contributed by atoms with Gasteiger partial charge in [0.15, 0.2) is 15.6 Å². The summed E-state index contributed by atoms with van der Waals surface area (Å²) in [5.41, 5.74) is 1.19. The van der Waals surface area contributed by atoms with Gasteiger partial charge in [-0.05, 0) is 30.5 Å². The van der Waals surface area contributed by atoms with Crippen molar-refractivity contribution in [2.24, 2.45) is 0 Å². The Hall–Kier alpha value is -1.73. The van der Waals surface area contributed by atoms with Crippen LogP contribution in [0.5, 0.6) is 0 Å². The smallest absolute Gasteiger partial charge is 0.184 e. The summed E-state index contributed by atoms with van der Waals surface area (Å²) in [7, 11) is -3.42. The van der Waals surface area contributed by atoms with Crippen molar-refractivity contribution in [3.8, 4) is 0 Å². The van der Waals surface area contributed by atoms with E-state index in [0.717, 1.165) is 12.8 Å². The van der Waals surface area contributed by atoms with Gasteiger partial charge in [0.05, 0.1) is 29.4 Å². The number of rotatable bonds is 4. The van der Waals surface area contributed by atoms with Gasteiger partial charge in [-0.2, -0.15) is 0 Å². The van der Waals surface area contributed by atoms with Crippen LogP contribution in [0.2, 0.25) is 0 Å². The van der Waals surface area contributed by atoms with Crippen LogP contribution in [0.1, 0.15) is 24.8 Å². The van der Waals surface area contributed by atoms with Gasteiger partial charge in [0.25, 0.3) is 0 Å². The summed E-state index contributed by atoms with van der Waals surface area (Å²) in [6.45, 7) is 1.87. The molecule has 0 aliphatic carbocycles. The predicted molar refractivity (Wildman–Crippen MR) is 105 cm³/mol. The van der Waals surface area contributed by atoms with Crippen LogP contribution in [0, 0.1) is 0 Å². The molecule has 3 atom stereocenters. The lowest BCUT2D eigenvalue weighted by Gasteiger charge is -2.45. The van der Waals surface area contributed by atoms with Gasteiger partial charge in [-0.1, -0.05) is 48.5 Å². The first kappa shape index (κ1) is 18.3. The van der Waals surface area contributed by atoms with Crippen molar-refractivity contribution in [1.29, 1.82) is 0 Å². The van der Waals surface area contributed by atoms with Crippen molar-refractivity contribution >= 4 is 9.84 Å². The lowest BCUT2D eigenvalue weighted by molar-refractivity contribution is -0.220. The largest absolute Gasteiger partial charge is 0.346 e. The minimum atomic E-state index is -3.42. The molecule has 3 heterocycles. The summed E-state index contributed by atoms with van der Waals surface area (Å²) in [6, 6.07) is 19.0. The molecule has 2 aromatic carbocycles. The molecule has 2 aromatic rings. The van der Waals surface area contributed by atoms with Crippen LogP contribution in [0.3, 0.4) is 0 Å². The van der Waals surface area contributed by atoms with Crippen LogP contribution in [0.15, 0.2) is 65.6 Å². The third-order valence-electron chi connectivity index (χ3n) is 6.46. The molecule has 6 heteroatoms. The van der Waals surface area contributed by atoms with E-state index in [1.54, 1.807) is 24.3 Å². The summed E-state index contributed by atoms with van der Waals surface area (Å²) in [5, 5.41) is -0.434. The summed E-state index contributed by atoms with van der Waals surface area (Å²) in [4.78, 5) is 2.74. The molecule has 0 saturated carbocycles. The molecule has 0 amide bonds. The third-order valence-corrected chi connectivity index (χ3v) is 8.69. The number of nitrogens with zero attached hydrogens (tertiary/aromatic N) is 1. The number of ether oxygens (including phenoxy) is 2. The minimum absolute atomic E-state index is 0.0196. The van der Waals surface area contributed by atoms with Crippen molar-refractivity contribution in [3.05, 3.63) is 66.2 Å². The molecule has 0 radical (unpaired) electrons. The maximum Gasteiger partial charge on any atom is 0.184 e. The summed E-state index contributed by atoms with van der Waals surface area (Å²) in [5.74, 6) is -0.660. The van der Waals surface area contributed by atoms with E-state index in [-0.39, 0.29) is 12.1 Å². The number of piperidine rings is 1. The number of sulfone groups is 1. The molecule has 1 spiro atoms. The Labute approximate surface area is 166 Å². The highest BCUT2D eigenvalue weighted by molar-refractivity contribution is 7.92. The summed E-state index contributed by atoms with van der Waals surface area (Å²) >= 11 is 0. The molecule has 3 saturated heterocycles. The quantitative estimate of drug-likeness (QED) is 0.791. The Morgan fingerprint density at radius 1 is 0.964 bits per heavy atom.